The minimum Gasteiger partial charge on any atom is -0.394 e. The quantitative estimate of drug-likeness (QED) is 0.166. The van der Waals surface area contributed by atoms with Crippen LogP contribution in [-0.4, -0.2) is 165 Å². The summed E-state index contributed by atoms with van der Waals surface area (Å²) in [5.74, 6) is 2.62. The molecule has 16 heteroatoms. The van der Waals surface area contributed by atoms with Crippen LogP contribution >= 0.6 is 0 Å². The van der Waals surface area contributed by atoms with E-state index in [1.165, 1.54) is 18.9 Å². The van der Waals surface area contributed by atoms with Crippen LogP contribution in [-0.2, 0) is 37.9 Å². The molecule has 5 heterocycles. The predicted octanol–water partition coefficient (Wildman–Crippen LogP) is 0.853. The van der Waals surface area contributed by atoms with Gasteiger partial charge < -0.3 is 78.7 Å². The van der Waals surface area contributed by atoms with Gasteiger partial charge in [-0.05, 0) is 98.7 Å². The minimum atomic E-state index is -1.72. The van der Waals surface area contributed by atoms with Gasteiger partial charge in [0.2, 0.25) is 0 Å². The summed E-state index contributed by atoms with van der Waals surface area (Å²) in [6.45, 7) is 10.9. The van der Waals surface area contributed by atoms with Gasteiger partial charge >= 0.3 is 0 Å². The molecular weight excluding hydrogens is 784 g/mol. The second-order valence-electron chi connectivity index (χ2n) is 20.6. The van der Waals surface area contributed by atoms with E-state index in [0.29, 0.717) is 48.3 Å². The first-order valence-corrected chi connectivity index (χ1v) is 22.8. The minimum absolute atomic E-state index is 0.0239. The first kappa shape index (κ1) is 44.3. The number of aliphatic hydroxyl groups is 8. The van der Waals surface area contributed by atoms with Gasteiger partial charge in [0, 0.05) is 12.3 Å². The molecule has 0 bridgehead atoms. The molecule has 0 aromatic heterocycles. The normalized spacial score (nSPS) is 57.9. The SMILES string of the molecule is C[C@@H]1CC[C@@]2(OC1)O[C@H]1C[C@H]3[C@@H]4CC=C5C[C@@H](O[C@@H]6O[C@H](CO)[C@@H](O)[C@H](O[C@@H]7OC[C@H](O)[C@H](O)[C@H]7O)[C@H]6O[C@@H]6O[C@@H](C)[C@H](O)[C@@H](O)[C@H]6O)CC[C@]5(C)[C@H]4CC[C@]3(C)[C@H]1[C@@H]2C. The molecule has 4 aliphatic carbocycles. The van der Waals surface area contributed by atoms with Crippen LogP contribution in [0, 0.1) is 46.3 Å². The number of hydrogen-bond donors (Lipinski definition) is 8. The van der Waals surface area contributed by atoms with E-state index in [1.807, 2.05) is 0 Å². The third kappa shape index (κ3) is 7.19. The number of rotatable bonds is 7. The molecule has 8 N–H and O–H groups in total. The van der Waals surface area contributed by atoms with Crippen molar-refractivity contribution in [3.63, 3.8) is 0 Å². The summed E-state index contributed by atoms with van der Waals surface area (Å²) >= 11 is 0. The molecule has 0 aromatic carbocycles. The van der Waals surface area contributed by atoms with E-state index < -0.39 is 98.4 Å². The molecule has 9 aliphatic rings. The van der Waals surface area contributed by atoms with Crippen molar-refractivity contribution in [2.24, 2.45) is 46.3 Å². The predicted molar refractivity (Wildman–Crippen MR) is 208 cm³/mol. The van der Waals surface area contributed by atoms with E-state index in [2.05, 4.69) is 33.8 Å². The van der Waals surface area contributed by atoms with E-state index in [0.717, 1.165) is 45.1 Å². The summed E-state index contributed by atoms with van der Waals surface area (Å²) in [5.41, 5.74) is 1.52. The van der Waals surface area contributed by atoms with Gasteiger partial charge in [-0.2, -0.15) is 0 Å². The van der Waals surface area contributed by atoms with Gasteiger partial charge in [0.1, 0.15) is 61.0 Å². The molecular formula is C44H70O16. The molecule has 5 aliphatic heterocycles. The van der Waals surface area contributed by atoms with Crippen LogP contribution in [0.15, 0.2) is 11.6 Å². The number of fused-ring (bicyclic) bond motifs is 7. The van der Waals surface area contributed by atoms with Crippen LogP contribution in [0.25, 0.3) is 0 Å². The molecule has 342 valence electrons. The lowest BCUT2D eigenvalue weighted by Gasteiger charge is -2.59. The van der Waals surface area contributed by atoms with Crippen LogP contribution in [0.2, 0.25) is 0 Å². The molecule has 16 nitrogen and oxygen atoms in total. The van der Waals surface area contributed by atoms with Crippen molar-refractivity contribution in [1.82, 2.24) is 0 Å². The highest BCUT2D eigenvalue weighted by molar-refractivity contribution is 5.26. The first-order chi connectivity index (χ1) is 28.5. The fraction of sp³-hybridized carbons (Fsp3) is 0.955. The Morgan fingerprint density at radius 1 is 0.733 bits per heavy atom. The smallest absolute Gasteiger partial charge is 0.187 e. The fourth-order valence-corrected chi connectivity index (χ4v) is 13.7. The summed E-state index contributed by atoms with van der Waals surface area (Å²) in [6, 6.07) is 0. The largest absolute Gasteiger partial charge is 0.394 e. The molecule has 0 radical (unpaired) electrons. The molecule has 9 rings (SSSR count). The second-order valence-corrected chi connectivity index (χ2v) is 20.6. The third-order valence-corrected chi connectivity index (χ3v) is 17.3. The van der Waals surface area contributed by atoms with Crippen LogP contribution in [0.5, 0.6) is 0 Å². The van der Waals surface area contributed by atoms with Crippen LogP contribution in [0.3, 0.4) is 0 Å². The Kier molecular flexibility index (Phi) is 12.2. The zero-order chi connectivity index (χ0) is 42.6. The zero-order valence-electron chi connectivity index (χ0n) is 35.6. The standard InChI is InChI=1S/C44H70O16/c1-19-8-13-44(54-17-19)20(2)30-28(60-44)15-26-24-7-6-22-14-23(9-11-42(22,4)25(24)10-12-43(26,30)5)56-41-38(59-40-36(52)34(50)31(47)21(3)55-40)37(33(49)29(16-45)57-41)58-39-35(51)32(48)27(46)18-53-39/h6,19-21,23-41,45-52H,7-18H2,1-5H3/t19-,20+,21+,23+,24-,25+,26+,27+,28+,29-,30+,31+,32+,33-,34-,35-,36-,37+,38-,39+,40+,41-,42+,43+,44-/m1/s1. The van der Waals surface area contributed by atoms with E-state index in [9.17, 15) is 40.9 Å². The van der Waals surface area contributed by atoms with Gasteiger partial charge in [0.15, 0.2) is 24.7 Å². The Bertz CT molecular complexity index is 1560. The number of aliphatic hydroxyl groups excluding tert-OH is 8. The van der Waals surface area contributed by atoms with Crippen molar-refractivity contribution in [3.8, 4) is 0 Å². The molecule has 3 saturated carbocycles. The molecule has 5 saturated heterocycles. The van der Waals surface area contributed by atoms with Gasteiger partial charge in [-0.15, -0.1) is 0 Å². The van der Waals surface area contributed by atoms with Crippen molar-refractivity contribution in [3.05, 3.63) is 11.6 Å². The molecule has 1 spiro atoms. The summed E-state index contributed by atoms with van der Waals surface area (Å²) in [7, 11) is 0. The number of allylic oxidation sites excluding steroid dienone is 1. The maximum atomic E-state index is 11.5. The maximum Gasteiger partial charge on any atom is 0.187 e. The fourth-order valence-electron chi connectivity index (χ4n) is 13.7. The molecule has 0 unspecified atom stereocenters. The highest BCUT2D eigenvalue weighted by Crippen LogP contribution is 2.70. The average molecular weight is 855 g/mol. The Morgan fingerprint density at radius 2 is 1.48 bits per heavy atom. The van der Waals surface area contributed by atoms with Gasteiger partial charge in [0.05, 0.1) is 38.1 Å². The van der Waals surface area contributed by atoms with Crippen LogP contribution in [0.4, 0.5) is 0 Å². The second kappa shape index (κ2) is 16.5. The highest BCUT2D eigenvalue weighted by Gasteiger charge is 2.69. The van der Waals surface area contributed by atoms with Gasteiger partial charge in [-0.1, -0.05) is 39.3 Å². The zero-order valence-corrected chi connectivity index (χ0v) is 35.6. The lowest BCUT2D eigenvalue weighted by molar-refractivity contribution is -0.390. The van der Waals surface area contributed by atoms with Crippen molar-refractivity contribution in [2.45, 2.75) is 196 Å². The van der Waals surface area contributed by atoms with Crippen molar-refractivity contribution < 1.29 is 78.7 Å². The maximum absolute atomic E-state index is 11.5. The molecule has 25 atom stereocenters. The lowest BCUT2D eigenvalue weighted by atomic mass is 9.47. The van der Waals surface area contributed by atoms with Crippen molar-refractivity contribution >= 4 is 0 Å². The van der Waals surface area contributed by atoms with Crippen molar-refractivity contribution in [1.29, 1.82) is 0 Å². The average Bonchev–Trinajstić information content (AvgIpc) is 3.68. The summed E-state index contributed by atoms with van der Waals surface area (Å²) < 4.78 is 50.1. The van der Waals surface area contributed by atoms with Crippen LogP contribution < -0.4 is 0 Å². The topological polar surface area (TPSA) is 236 Å². The molecule has 60 heavy (non-hydrogen) atoms. The molecule has 8 fully saturated rings. The monoisotopic (exact) mass is 854 g/mol. The first-order valence-electron chi connectivity index (χ1n) is 22.8. The van der Waals surface area contributed by atoms with Gasteiger partial charge in [-0.3, -0.25) is 0 Å². The highest BCUT2D eigenvalue weighted by atomic mass is 16.8. The Labute approximate surface area is 352 Å². The lowest BCUT2D eigenvalue weighted by Crippen LogP contribution is -2.66. The summed E-state index contributed by atoms with van der Waals surface area (Å²) in [5, 5.41) is 85.1. The van der Waals surface area contributed by atoms with Crippen LogP contribution in [0.1, 0.15) is 92.4 Å². The summed E-state index contributed by atoms with van der Waals surface area (Å²) in [4.78, 5) is 0. The van der Waals surface area contributed by atoms with E-state index in [1.54, 1.807) is 0 Å². The number of hydrogen-bond acceptors (Lipinski definition) is 16. The summed E-state index contributed by atoms with van der Waals surface area (Å²) in [6.07, 6.45) is -9.49. The Hall–Kier alpha value is -0.900. The Morgan fingerprint density at radius 3 is 2.22 bits per heavy atom. The van der Waals surface area contributed by atoms with Gasteiger partial charge in [0.25, 0.3) is 0 Å². The van der Waals surface area contributed by atoms with Crippen molar-refractivity contribution in [2.75, 3.05) is 19.8 Å². The molecule has 0 aromatic rings. The van der Waals surface area contributed by atoms with Gasteiger partial charge in [-0.25, -0.2) is 0 Å². The Balaban J connectivity index is 0.932. The molecule has 0 amide bonds. The third-order valence-electron chi connectivity index (χ3n) is 17.3. The van der Waals surface area contributed by atoms with E-state index in [-0.39, 0.29) is 29.6 Å². The van der Waals surface area contributed by atoms with E-state index >= 15 is 0 Å². The van der Waals surface area contributed by atoms with E-state index in [4.69, 9.17) is 37.9 Å². The number of ether oxygens (including phenoxy) is 8.